The van der Waals surface area contributed by atoms with E-state index in [4.69, 9.17) is 55.9 Å². The maximum absolute atomic E-state index is 11.2. The highest BCUT2D eigenvalue weighted by molar-refractivity contribution is 6.33. The van der Waals surface area contributed by atoms with Crippen LogP contribution in [0.2, 0.25) is 20.9 Å². The number of esters is 1. The van der Waals surface area contributed by atoms with E-state index >= 15 is 0 Å². The van der Waals surface area contributed by atoms with Gasteiger partial charge in [0, 0.05) is 0 Å². The van der Waals surface area contributed by atoms with E-state index in [1.807, 2.05) is 0 Å². The molecule has 2 heterocycles. The lowest BCUT2D eigenvalue weighted by atomic mass is 10.4. The fraction of sp³-hybridized carbons (Fsp3) is 0.231. The molecule has 140 valence electrons. The van der Waals surface area contributed by atoms with E-state index in [1.165, 1.54) is 21.3 Å². The van der Waals surface area contributed by atoms with E-state index < -0.39 is 5.97 Å². The molecule has 0 aliphatic heterocycles. The largest absolute Gasteiger partial charge is 0.491 e. The van der Waals surface area contributed by atoms with Crippen LogP contribution in [-0.2, 0) is 4.74 Å². The first kappa shape index (κ1) is 22.1. The van der Waals surface area contributed by atoms with Crippen molar-refractivity contribution < 1.29 is 23.8 Å². The predicted octanol–water partition coefficient (Wildman–Crippen LogP) is 3.18. The summed E-state index contributed by atoms with van der Waals surface area (Å²) < 4.78 is 14.1. The van der Waals surface area contributed by atoms with Crippen molar-refractivity contribution in [2.75, 3.05) is 21.3 Å². The topological polar surface area (TPSA) is 113 Å². The van der Waals surface area contributed by atoms with Gasteiger partial charge in [0.1, 0.15) is 0 Å². The fourth-order valence-electron chi connectivity index (χ4n) is 1.49. The molecule has 0 saturated carbocycles. The number of hydrogen-bond donors (Lipinski definition) is 0. The summed E-state index contributed by atoms with van der Waals surface area (Å²) >= 11 is 22.2. The monoisotopic (exact) mass is 442 g/mol. The zero-order chi connectivity index (χ0) is 19.9. The molecule has 0 N–H and O–H groups in total. The van der Waals surface area contributed by atoms with E-state index in [2.05, 4.69) is 24.7 Å². The quantitative estimate of drug-likeness (QED) is 0.304. The van der Waals surface area contributed by atoms with Crippen LogP contribution in [0.3, 0.4) is 0 Å². The van der Waals surface area contributed by atoms with Crippen LogP contribution in [0.15, 0.2) is 0 Å². The standard InChI is InChI=1S/C7H6Cl2N2O3.C6H4Cl2N2O2/c1-13-4-3(6(12)14-2)10-7(9)11-5(4)8;1-12-4-3(2-11)9-6(8)10-5(4)7/h1-2H3;2H,1H3. The Balaban J connectivity index is 0.000000263. The van der Waals surface area contributed by atoms with Crippen LogP contribution in [0.4, 0.5) is 0 Å². The number of carbonyl (C=O) groups is 2. The van der Waals surface area contributed by atoms with Gasteiger partial charge in [0.15, 0.2) is 39.5 Å². The molecule has 0 aromatic carbocycles. The number of carbonyl (C=O) groups excluding carboxylic acids is 2. The normalized spacial score (nSPS) is 9.65. The number of nitrogens with zero attached hydrogens (tertiary/aromatic N) is 4. The highest BCUT2D eigenvalue weighted by Crippen LogP contribution is 2.27. The molecule has 2 aromatic rings. The van der Waals surface area contributed by atoms with E-state index in [0.717, 1.165) is 0 Å². The number of aldehydes is 1. The second-order valence-corrected chi connectivity index (χ2v) is 5.37. The molecule has 0 fully saturated rings. The zero-order valence-corrected chi connectivity index (χ0v) is 16.4. The van der Waals surface area contributed by atoms with Crippen molar-refractivity contribution in [2.24, 2.45) is 0 Å². The van der Waals surface area contributed by atoms with Crippen molar-refractivity contribution in [3.8, 4) is 11.5 Å². The molecule has 0 unspecified atom stereocenters. The molecule has 26 heavy (non-hydrogen) atoms. The summed E-state index contributed by atoms with van der Waals surface area (Å²) in [5.74, 6) is -0.507. The van der Waals surface area contributed by atoms with Crippen LogP contribution in [0, 0.1) is 0 Å². The summed E-state index contributed by atoms with van der Waals surface area (Å²) in [5, 5.41) is -0.230. The lowest BCUT2D eigenvalue weighted by Gasteiger charge is -2.06. The minimum Gasteiger partial charge on any atom is -0.491 e. The molecule has 13 heteroatoms. The molecular formula is C13H10Cl4N4O5. The molecule has 9 nitrogen and oxygen atoms in total. The molecule has 0 radical (unpaired) electrons. The van der Waals surface area contributed by atoms with Gasteiger partial charge in [-0.15, -0.1) is 0 Å². The number of ether oxygens (including phenoxy) is 3. The molecule has 2 rings (SSSR count). The van der Waals surface area contributed by atoms with Gasteiger partial charge in [-0.3, -0.25) is 4.79 Å². The van der Waals surface area contributed by atoms with Crippen LogP contribution >= 0.6 is 46.4 Å². The van der Waals surface area contributed by atoms with E-state index in [0.29, 0.717) is 6.29 Å². The van der Waals surface area contributed by atoms with Crippen LogP contribution < -0.4 is 9.47 Å². The molecule has 0 spiro atoms. The van der Waals surface area contributed by atoms with Crippen molar-refractivity contribution in [1.82, 2.24) is 19.9 Å². The fourth-order valence-corrected chi connectivity index (χ4v) is 2.43. The van der Waals surface area contributed by atoms with Gasteiger partial charge in [-0.1, -0.05) is 23.2 Å². The lowest BCUT2D eigenvalue weighted by molar-refractivity contribution is 0.0589. The summed E-state index contributed by atoms with van der Waals surface area (Å²) in [6, 6.07) is 0. The van der Waals surface area contributed by atoms with Crippen molar-refractivity contribution in [3.63, 3.8) is 0 Å². The zero-order valence-electron chi connectivity index (χ0n) is 13.4. The Morgan fingerprint density at radius 3 is 1.81 bits per heavy atom. The number of rotatable bonds is 4. The summed E-state index contributed by atoms with van der Waals surface area (Å²) in [6.07, 6.45) is 0.498. The molecule has 0 aliphatic carbocycles. The van der Waals surface area contributed by atoms with E-state index in [1.54, 1.807) is 0 Å². The number of methoxy groups -OCH3 is 3. The minimum atomic E-state index is -0.687. The Labute approximate surface area is 167 Å². The van der Waals surface area contributed by atoms with Gasteiger partial charge in [0.25, 0.3) is 0 Å². The predicted molar refractivity (Wildman–Crippen MR) is 93.9 cm³/mol. The summed E-state index contributed by atoms with van der Waals surface area (Å²) in [5.41, 5.74) is -0.0532. The first-order chi connectivity index (χ1) is 12.3. The van der Waals surface area contributed by atoms with Crippen molar-refractivity contribution >= 4 is 58.7 Å². The first-order valence-corrected chi connectivity index (χ1v) is 7.87. The Kier molecular flexibility index (Phi) is 8.73. The Morgan fingerprint density at radius 2 is 1.35 bits per heavy atom. The SMILES string of the molecule is COC(=O)c1nc(Cl)nc(Cl)c1OC.COc1c(Cl)nc(Cl)nc1C=O. The molecule has 0 bridgehead atoms. The molecular weight excluding hydrogens is 434 g/mol. The molecule has 0 atom stereocenters. The van der Waals surface area contributed by atoms with Crippen LogP contribution in [0.1, 0.15) is 21.0 Å². The maximum Gasteiger partial charge on any atom is 0.360 e. The van der Waals surface area contributed by atoms with Crippen LogP contribution in [0.25, 0.3) is 0 Å². The number of aromatic nitrogens is 4. The summed E-state index contributed by atoms with van der Waals surface area (Å²) in [4.78, 5) is 36.0. The van der Waals surface area contributed by atoms with Gasteiger partial charge in [-0.05, 0) is 23.2 Å². The molecule has 0 saturated heterocycles. The Morgan fingerprint density at radius 1 is 0.846 bits per heavy atom. The Hall–Kier alpha value is -1.94. The number of halogens is 4. The third-order valence-electron chi connectivity index (χ3n) is 2.52. The smallest absolute Gasteiger partial charge is 0.360 e. The average Bonchev–Trinajstić information content (AvgIpc) is 2.60. The molecule has 0 amide bonds. The summed E-state index contributed by atoms with van der Waals surface area (Å²) in [6.45, 7) is 0. The second-order valence-electron chi connectivity index (χ2n) is 3.98. The van der Waals surface area contributed by atoms with Crippen LogP contribution in [-0.4, -0.2) is 53.5 Å². The Bertz CT molecular complexity index is 822. The van der Waals surface area contributed by atoms with Gasteiger partial charge in [-0.25, -0.2) is 24.7 Å². The lowest BCUT2D eigenvalue weighted by Crippen LogP contribution is -2.08. The maximum atomic E-state index is 11.2. The van der Waals surface area contributed by atoms with Gasteiger partial charge in [0.05, 0.1) is 21.3 Å². The van der Waals surface area contributed by atoms with E-state index in [-0.39, 0.29) is 43.8 Å². The molecule has 2 aromatic heterocycles. The first-order valence-electron chi connectivity index (χ1n) is 6.36. The number of hydrogen-bond acceptors (Lipinski definition) is 9. The highest BCUT2D eigenvalue weighted by atomic mass is 35.5. The van der Waals surface area contributed by atoms with Crippen molar-refractivity contribution in [2.45, 2.75) is 0 Å². The highest BCUT2D eigenvalue weighted by Gasteiger charge is 2.20. The van der Waals surface area contributed by atoms with E-state index in [9.17, 15) is 9.59 Å². The van der Waals surface area contributed by atoms with Crippen molar-refractivity contribution in [3.05, 3.63) is 32.3 Å². The van der Waals surface area contributed by atoms with Gasteiger partial charge < -0.3 is 14.2 Å². The average molecular weight is 444 g/mol. The third-order valence-corrected chi connectivity index (χ3v) is 3.37. The van der Waals surface area contributed by atoms with Gasteiger partial charge in [0.2, 0.25) is 10.6 Å². The molecule has 0 aliphatic rings. The third kappa shape index (κ3) is 5.53. The van der Waals surface area contributed by atoms with Gasteiger partial charge in [-0.2, -0.15) is 0 Å². The second kappa shape index (κ2) is 10.3. The summed E-state index contributed by atoms with van der Waals surface area (Å²) in [7, 11) is 3.92. The van der Waals surface area contributed by atoms with Crippen molar-refractivity contribution in [1.29, 1.82) is 0 Å². The minimum absolute atomic E-state index is 0.0274. The van der Waals surface area contributed by atoms with Crippen LogP contribution in [0.5, 0.6) is 11.5 Å². The van der Waals surface area contributed by atoms with Gasteiger partial charge >= 0.3 is 5.97 Å².